The van der Waals surface area contributed by atoms with Gasteiger partial charge in [0.25, 0.3) is 0 Å². The van der Waals surface area contributed by atoms with Crippen LogP contribution in [0.2, 0.25) is 0 Å². The van der Waals surface area contributed by atoms with E-state index in [1.807, 2.05) is 35.7 Å². The van der Waals surface area contributed by atoms with Gasteiger partial charge in [0.15, 0.2) is 15.7 Å². The van der Waals surface area contributed by atoms with E-state index in [1.54, 1.807) is 11.3 Å². The van der Waals surface area contributed by atoms with Crippen LogP contribution < -0.4 is 10.6 Å². The van der Waals surface area contributed by atoms with Gasteiger partial charge in [-0.05, 0) is 40.3 Å². The largest absolute Gasteiger partial charge is 0.382 e. The van der Waals surface area contributed by atoms with E-state index < -0.39 is 9.84 Å². The highest BCUT2D eigenvalue weighted by Gasteiger charge is 2.26. The average molecular weight is 331 g/mol. The van der Waals surface area contributed by atoms with Crippen molar-refractivity contribution >= 4 is 43.5 Å². The minimum Gasteiger partial charge on any atom is -0.382 e. The summed E-state index contributed by atoms with van der Waals surface area (Å²) in [6.45, 7) is 2.47. The van der Waals surface area contributed by atoms with Crippen LogP contribution in [0, 0.1) is 0 Å². The number of anilines is 2. The third-order valence-electron chi connectivity index (χ3n) is 2.79. The lowest BCUT2D eigenvalue weighted by Crippen LogP contribution is -2.18. The van der Waals surface area contributed by atoms with Crippen molar-refractivity contribution in [2.24, 2.45) is 0 Å². The number of sulfone groups is 1. The molecule has 0 saturated carbocycles. The van der Waals surface area contributed by atoms with Crippen LogP contribution in [0.5, 0.6) is 0 Å². The first kappa shape index (κ1) is 15.3. The van der Waals surface area contributed by atoms with E-state index in [-0.39, 0.29) is 16.5 Å². The molecule has 2 aromatic heterocycles. The van der Waals surface area contributed by atoms with Crippen LogP contribution in [0.1, 0.15) is 18.9 Å². The molecule has 0 spiro atoms. The van der Waals surface area contributed by atoms with Gasteiger partial charge in [-0.2, -0.15) is 15.7 Å². The van der Waals surface area contributed by atoms with E-state index >= 15 is 0 Å². The first-order chi connectivity index (χ1) is 9.45. The highest BCUT2D eigenvalue weighted by molar-refractivity contribution is 7.91. The molecule has 0 bridgehead atoms. The van der Waals surface area contributed by atoms with E-state index in [2.05, 4.69) is 4.37 Å². The summed E-state index contributed by atoms with van der Waals surface area (Å²) in [7, 11) is -1.51. The van der Waals surface area contributed by atoms with E-state index in [0.29, 0.717) is 18.0 Å². The van der Waals surface area contributed by atoms with Crippen molar-refractivity contribution in [1.82, 2.24) is 4.37 Å². The third-order valence-corrected chi connectivity index (χ3v) is 6.60. The summed E-state index contributed by atoms with van der Waals surface area (Å²) < 4.78 is 28.6. The molecule has 110 valence electrons. The van der Waals surface area contributed by atoms with Gasteiger partial charge in [-0.25, -0.2) is 8.42 Å². The topological polar surface area (TPSA) is 76.3 Å². The molecule has 0 saturated heterocycles. The standard InChI is InChI=1S/C12H17N3O2S3/c1-3-6-20(16,17)10-11(13)14-19-12(10)15(2)7-9-4-5-18-8-9/h4-5,8H,3,6-7H2,1-2H3,(H2,13,14). The Hall–Kier alpha value is -1.12. The fourth-order valence-electron chi connectivity index (χ4n) is 1.92. The lowest BCUT2D eigenvalue weighted by Gasteiger charge is -2.17. The predicted octanol–water partition coefficient (Wildman–Crippen LogP) is 2.61. The number of nitrogen functional groups attached to an aromatic ring is 1. The second-order valence-electron chi connectivity index (χ2n) is 4.51. The van der Waals surface area contributed by atoms with Gasteiger partial charge in [-0.1, -0.05) is 6.92 Å². The van der Waals surface area contributed by atoms with Crippen molar-refractivity contribution in [1.29, 1.82) is 0 Å². The number of thiophene rings is 1. The summed E-state index contributed by atoms with van der Waals surface area (Å²) in [4.78, 5) is 2.07. The molecule has 2 rings (SSSR count). The SMILES string of the molecule is CCCS(=O)(=O)c1c(N)nsc1N(C)Cc1ccsc1. The highest BCUT2D eigenvalue weighted by atomic mass is 32.2. The molecular weight excluding hydrogens is 314 g/mol. The van der Waals surface area contributed by atoms with Crippen molar-refractivity contribution in [3.05, 3.63) is 22.4 Å². The first-order valence-corrected chi connectivity index (χ1v) is 9.52. The highest BCUT2D eigenvalue weighted by Crippen LogP contribution is 2.35. The summed E-state index contributed by atoms with van der Waals surface area (Å²) >= 11 is 2.75. The molecule has 0 radical (unpaired) electrons. The van der Waals surface area contributed by atoms with Gasteiger partial charge in [0.1, 0.15) is 9.90 Å². The molecule has 8 heteroatoms. The zero-order chi connectivity index (χ0) is 14.8. The zero-order valence-electron chi connectivity index (χ0n) is 11.4. The molecule has 0 amide bonds. The normalized spacial score (nSPS) is 11.7. The van der Waals surface area contributed by atoms with Gasteiger partial charge in [0.2, 0.25) is 0 Å². The maximum atomic E-state index is 12.3. The molecule has 5 nitrogen and oxygen atoms in total. The zero-order valence-corrected chi connectivity index (χ0v) is 13.8. The number of rotatable bonds is 6. The monoisotopic (exact) mass is 331 g/mol. The van der Waals surface area contributed by atoms with Crippen LogP contribution >= 0.6 is 22.9 Å². The van der Waals surface area contributed by atoms with Crippen LogP contribution in [0.25, 0.3) is 0 Å². The number of hydrogen-bond acceptors (Lipinski definition) is 7. The van der Waals surface area contributed by atoms with Crippen molar-refractivity contribution in [3.63, 3.8) is 0 Å². The van der Waals surface area contributed by atoms with E-state index in [1.165, 1.54) is 0 Å². The Labute approximate surface area is 127 Å². The third kappa shape index (κ3) is 3.13. The Balaban J connectivity index is 2.33. The fraction of sp³-hybridized carbons (Fsp3) is 0.417. The van der Waals surface area contributed by atoms with Gasteiger partial charge >= 0.3 is 0 Å². The summed E-state index contributed by atoms with van der Waals surface area (Å²) in [5.41, 5.74) is 6.91. The van der Waals surface area contributed by atoms with Crippen LogP contribution in [-0.2, 0) is 16.4 Å². The maximum absolute atomic E-state index is 12.3. The molecule has 0 unspecified atom stereocenters. The molecule has 2 N–H and O–H groups in total. The predicted molar refractivity (Wildman–Crippen MR) is 85.3 cm³/mol. The Morgan fingerprint density at radius 2 is 2.20 bits per heavy atom. The van der Waals surface area contributed by atoms with Crippen LogP contribution in [0.4, 0.5) is 10.8 Å². The summed E-state index contributed by atoms with van der Waals surface area (Å²) in [6, 6.07) is 2.02. The Kier molecular flexibility index (Phi) is 4.66. The van der Waals surface area contributed by atoms with E-state index in [9.17, 15) is 8.42 Å². The molecule has 0 aromatic carbocycles. The number of aromatic nitrogens is 1. The van der Waals surface area contributed by atoms with Crippen molar-refractivity contribution in [3.8, 4) is 0 Å². The van der Waals surface area contributed by atoms with Gasteiger partial charge in [0, 0.05) is 13.6 Å². The Bertz CT molecular complexity index is 662. The summed E-state index contributed by atoms with van der Waals surface area (Å²) in [6.07, 6.45) is 0.561. The van der Waals surface area contributed by atoms with Crippen molar-refractivity contribution < 1.29 is 8.42 Å². The van der Waals surface area contributed by atoms with E-state index in [4.69, 9.17) is 5.73 Å². The second kappa shape index (κ2) is 6.11. The molecule has 2 aromatic rings. The average Bonchev–Trinajstić information content (AvgIpc) is 2.98. The molecular formula is C12H17N3O2S3. The lowest BCUT2D eigenvalue weighted by molar-refractivity contribution is 0.595. The lowest BCUT2D eigenvalue weighted by atomic mass is 10.3. The number of hydrogen-bond donors (Lipinski definition) is 1. The number of nitrogens with two attached hydrogens (primary N) is 1. The molecule has 0 fully saturated rings. The van der Waals surface area contributed by atoms with Gasteiger partial charge in [0.05, 0.1) is 5.75 Å². The summed E-state index contributed by atoms with van der Waals surface area (Å²) in [5, 5.41) is 4.65. The Morgan fingerprint density at radius 3 is 2.80 bits per heavy atom. The maximum Gasteiger partial charge on any atom is 0.185 e. The van der Waals surface area contributed by atoms with Crippen LogP contribution in [0.3, 0.4) is 0 Å². The minimum atomic E-state index is -3.37. The molecule has 0 aliphatic carbocycles. The smallest absolute Gasteiger partial charge is 0.185 e. The van der Waals surface area contributed by atoms with Crippen molar-refractivity contribution in [2.75, 3.05) is 23.4 Å². The minimum absolute atomic E-state index is 0.0922. The van der Waals surface area contributed by atoms with Crippen molar-refractivity contribution in [2.45, 2.75) is 24.8 Å². The fourth-order valence-corrected chi connectivity index (χ4v) is 5.32. The molecule has 0 atom stereocenters. The van der Waals surface area contributed by atoms with Gasteiger partial charge in [-0.15, -0.1) is 0 Å². The molecule has 0 aliphatic heterocycles. The number of nitrogens with zero attached hydrogens (tertiary/aromatic N) is 2. The molecule has 20 heavy (non-hydrogen) atoms. The Morgan fingerprint density at radius 1 is 1.45 bits per heavy atom. The van der Waals surface area contributed by atoms with Gasteiger partial charge in [-0.3, -0.25) is 0 Å². The molecule has 0 aliphatic rings. The van der Waals surface area contributed by atoms with Crippen LogP contribution in [0.15, 0.2) is 21.7 Å². The van der Waals surface area contributed by atoms with E-state index in [0.717, 1.165) is 17.1 Å². The van der Waals surface area contributed by atoms with Gasteiger partial charge < -0.3 is 10.6 Å². The first-order valence-electron chi connectivity index (χ1n) is 6.15. The molecule has 2 heterocycles. The quantitative estimate of drug-likeness (QED) is 0.880. The summed E-state index contributed by atoms with van der Waals surface area (Å²) in [5.74, 6) is 0.199. The second-order valence-corrected chi connectivity index (χ2v) is 8.09. The van der Waals surface area contributed by atoms with Crippen LogP contribution in [-0.4, -0.2) is 25.6 Å².